The Bertz CT molecular complexity index is 245. The number of carbonyl (C=O) groups is 2. The Hall–Kier alpha value is -1.10. The molecule has 0 aromatic rings. The minimum atomic E-state index is -0.930. The van der Waals surface area contributed by atoms with E-state index < -0.39 is 17.8 Å². The van der Waals surface area contributed by atoms with E-state index in [4.69, 9.17) is 4.74 Å². The molecule has 0 bridgehead atoms. The van der Waals surface area contributed by atoms with Crippen LogP contribution in [0, 0.1) is 0 Å². The number of aliphatic hydroxyl groups is 1. The predicted molar refractivity (Wildman–Crippen MR) is 60.2 cm³/mol. The molecule has 94 valence electrons. The highest BCUT2D eigenvalue weighted by molar-refractivity contribution is 5.83. The van der Waals surface area contributed by atoms with Crippen LogP contribution in [0.1, 0.15) is 40.5 Å². The number of aliphatic hydroxyl groups excluding tert-OH is 1. The number of rotatable bonds is 5. The summed E-state index contributed by atoms with van der Waals surface area (Å²) in [6, 6.07) is 0. The van der Waals surface area contributed by atoms with Crippen LogP contribution >= 0.6 is 0 Å². The summed E-state index contributed by atoms with van der Waals surface area (Å²) >= 11 is 0. The van der Waals surface area contributed by atoms with E-state index in [-0.39, 0.29) is 18.7 Å². The molecule has 0 rings (SSSR count). The van der Waals surface area contributed by atoms with Gasteiger partial charge >= 0.3 is 6.09 Å². The summed E-state index contributed by atoms with van der Waals surface area (Å²) < 4.78 is 4.98. The highest BCUT2D eigenvalue weighted by Gasteiger charge is 2.17. The van der Waals surface area contributed by atoms with Gasteiger partial charge in [-0.1, -0.05) is 6.92 Å². The molecule has 0 radical (unpaired) electrons. The average molecular weight is 231 g/mol. The summed E-state index contributed by atoms with van der Waals surface area (Å²) in [7, 11) is 0. The zero-order valence-electron chi connectivity index (χ0n) is 10.4. The summed E-state index contributed by atoms with van der Waals surface area (Å²) in [5.74, 6) is -0.265. The molecule has 5 heteroatoms. The van der Waals surface area contributed by atoms with Gasteiger partial charge in [0.05, 0.1) is 0 Å². The summed E-state index contributed by atoms with van der Waals surface area (Å²) in [5.41, 5.74) is -0.545. The number of amides is 1. The molecule has 2 N–H and O–H groups in total. The minimum Gasteiger partial charge on any atom is -0.444 e. The van der Waals surface area contributed by atoms with Crippen LogP contribution in [0.5, 0.6) is 0 Å². The van der Waals surface area contributed by atoms with Gasteiger partial charge in [-0.15, -0.1) is 0 Å². The third kappa shape index (κ3) is 7.23. The van der Waals surface area contributed by atoms with Gasteiger partial charge in [0.15, 0.2) is 5.78 Å². The maximum atomic E-state index is 11.2. The van der Waals surface area contributed by atoms with Crippen LogP contribution < -0.4 is 5.32 Å². The minimum absolute atomic E-state index is 0.119. The molecule has 0 saturated heterocycles. The number of alkyl carbamates (subject to hydrolysis) is 1. The lowest BCUT2D eigenvalue weighted by atomic mass is 10.1. The number of ketones is 1. The zero-order chi connectivity index (χ0) is 12.8. The molecule has 0 aromatic carbocycles. The molecule has 0 heterocycles. The van der Waals surface area contributed by atoms with Gasteiger partial charge in [-0.2, -0.15) is 0 Å². The first-order valence-corrected chi connectivity index (χ1v) is 5.44. The largest absolute Gasteiger partial charge is 0.444 e. The maximum absolute atomic E-state index is 11.2. The van der Waals surface area contributed by atoms with Crippen molar-refractivity contribution in [3.05, 3.63) is 0 Å². The fraction of sp³-hybridized carbons (Fsp3) is 0.818. The van der Waals surface area contributed by atoms with Gasteiger partial charge in [-0.3, -0.25) is 4.79 Å². The van der Waals surface area contributed by atoms with Crippen LogP contribution in [-0.2, 0) is 9.53 Å². The second kappa shape index (κ2) is 6.48. The molecule has 1 atom stereocenters. The maximum Gasteiger partial charge on any atom is 0.407 e. The van der Waals surface area contributed by atoms with Gasteiger partial charge in [-0.25, -0.2) is 4.79 Å². The molecule has 0 aliphatic rings. The predicted octanol–water partition coefficient (Wildman–Crippen LogP) is 1.24. The van der Waals surface area contributed by atoms with E-state index in [1.165, 1.54) is 0 Å². The molecule has 0 fully saturated rings. The van der Waals surface area contributed by atoms with Crippen molar-refractivity contribution in [1.29, 1.82) is 0 Å². The van der Waals surface area contributed by atoms with Gasteiger partial charge in [0, 0.05) is 13.0 Å². The Labute approximate surface area is 96.2 Å². The molecular weight excluding hydrogens is 210 g/mol. The van der Waals surface area contributed by atoms with Crippen molar-refractivity contribution in [3.63, 3.8) is 0 Å². The van der Waals surface area contributed by atoms with Crippen molar-refractivity contribution in [1.82, 2.24) is 5.32 Å². The Kier molecular flexibility index (Phi) is 6.03. The number of hydrogen-bond donors (Lipinski definition) is 2. The van der Waals surface area contributed by atoms with Gasteiger partial charge in [-0.05, 0) is 27.2 Å². The SMILES string of the molecule is CCC(O)C(=O)CCNC(=O)OC(C)(C)C. The van der Waals surface area contributed by atoms with E-state index in [2.05, 4.69) is 5.32 Å². The molecule has 1 amide bonds. The summed E-state index contributed by atoms with van der Waals surface area (Å²) in [5, 5.41) is 11.6. The van der Waals surface area contributed by atoms with Crippen molar-refractivity contribution >= 4 is 11.9 Å². The molecule has 0 aromatic heterocycles. The van der Waals surface area contributed by atoms with Crippen LogP contribution in [-0.4, -0.2) is 35.2 Å². The van der Waals surface area contributed by atoms with Gasteiger partial charge in [0.1, 0.15) is 11.7 Å². The second-order valence-electron chi connectivity index (χ2n) is 4.57. The lowest BCUT2D eigenvalue weighted by Crippen LogP contribution is -2.34. The zero-order valence-corrected chi connectivity index (χ0v) is 10.4. The lowest BCUT2D eigenvalue weighted by Gasteiger charge is -2.19. The fourth-order valence-electron chi connectivity index (χ4n) is 0.996. The fourth-order valence-corrected chi connectivity index (χ4v) is 0.996. The Morgan fingerprint density at radius 1 is 1.38 bits per heavy atom. The average Bonchev–Trinajstić information content (AvgIpc) is 2.13. The van der Waals surface area contributed by atoms with Crippen LogP contribution in [0.25, 0.3) is 0 Å². The molecule has 16 heavy (non-hydrogen) atoms. The van der Waals surface area contributed by atoms with Crippen molar-refractivity contribution in [2.75, 3.05) is 6.54 Å². The molecule has 0 aliphatic carbocycles. The molecule has 1 unspecified atom stereocenters. The molecular formula is C11H21NO4. The van der Waals surface area contributed by atoms with Crippen molar-refractivity contribution in [2.45, 2.75) is 52.2 Å². The number of nitrogens with one attached hydrogen (secondary N) is 1. The summed E-state index contributed by atoms with van der Waals surface area (Å²) in [4.78, 5) is 22.4. The molecule has 5 nitrogen and oxygen atoms in total. The standard InChI is InChI=1S/C11H21NO4/c1-5-8(13)9(14)6-7-12-10(15)16-11(2,3)4/h8,13H,5-7H2,1-4H3,(H,12,15). The first-order chi connectivity index (χ1) is 7.26. The van der Waals surface area contributed by atoms with Crippen molar-refractivity contribution in [3.8, 4) is 0 Å². The van der Waals surface area contributed by atoms with E-state index in [1.54, 1.807) is 27.7 Å². The Morgan fingerprint density at radius 2 is 1.94 bits per heavy atom. The van der Waals surface area contributed by atoms with E-state index in [9.17, 15) is 14.7 Å². The third-order valence-corrected chi connectivity index (χ3v) is 1.80. The smallest absolute Gasteiger partial charge is 0.407 e. The first-order valence-electron chi connectivity index (χ1n) is 5.44. The van der Waals surface area contributed by atoms with Crippen molar-refractivity contribution < 1.29 is 19.4 Å². The first kappa shape index (κ1) is 14.9. The Balaban J connectivity index is 3.75. The van der Waals surface area contributed by atoms with Gasteiger partial charge in [0.25, 0.3) is 0 Å². The van der Waals surface area contributed by atoms with Crippen molar-refractivity contribution in [2.24, 2.45) is 0 Å². The normalized spacial score (nSPS) is 13.1. The quantitative estimate of drug-likeness (QED) is 0.746. The van der Waals surface area contributed by atoms with E-state index >= 15 is 0 Å². The van der Waals surface area contributed by atoms with Gasteiger partial charge in [0.2, 0.25) is 0 Å². The molecule has 0 spiro atoms. The number of Topliss-reactive ketones (excluding diaryl/α,β-unsaturated/α-hetero) is 1. The second-order valence-corrected chi connectivity index (χ2v) is 4.57. The summed E-state index contributed by atoms with van der Waals surface area (Å²) in [6.07, 6.45) is -0.966. The summed E-state index contributed by atoms with van der Waals surface area (Å²) in [6.45, 7) is 7.20. The van der Waals surface area contributed by atoms with E-state index in [1.807, 2.05) is 0 Å². The Morgan fingerprint density at radius 3 is 2.38 bits per heavy atom. The molecule has 0 saturated carbocycles. The van der Waals surface area contributed by atoms with Crippen LogP contribution in [0.3, 0.4) is 0 Å². The molecule has 0 aliphatic heterocycles. The third-order valence-electron chi connectivity index (χ3n) is 1.80. The lowest BCUT2D eigenvalue weighted by molar-refractivity contribution is -0.127. The number of ether oxygens (including phenoxy) is 1. The number of hydrogen-bond acceptors (Lipinski definition) is 4. The van der Waals surface area contributed by atoms with Crippen LogP contribution in [0.4, 0.5) is 4.79 Å². The monoisotopic (exact) mass is 231 g/mol. The van der Waals surface area contributed by atoms with E-state index in [0.29, 0.717) is 6.42 Å². The van der Waals surface area contributed by atoms with E-state index in [0.717, 1.165) is 0 Å². The van der Waals surface area contributed by atoms with Gasteiger partial charge < -0.3 is 15.2 Å². The van der Waals surface area contributed by atoms with Crippen LogP contribution in [0.15, 0.2) is 0 Å². The number of carbonyl (C=O) groups excluding carboxylic acids is 2. The topological polar surface area (TPSA) is 75.6 Å². The highest BCUT2D eigenvalue weighted by Crippen LogP contribution is 2.06. The van der Waals surface area contributed by atoms with Crippen LogP contribution in [0.2, 0.25) is 0 Å². The highest BCUT2D eigenvalue weighted by atomic mass is 16.6.